The van der Waals surface area contributed by atoms with Gasteiger partial charge in [0, 0.05) is 32.7 Å². The monoisotopic (exact) mass is 276 g/mol. The molecule has 4 N–H and O–H groups in total. The number of unbranched alkanes of at least 4 members (excludes halogenated alkanes) is 1. The Morgan fingerprint density at radius 2 is 1.79 bits per heavy atom. The second-order valence-corrected chi connectivity index (χ2v) is 4.14. The first-order chi connectivity index (χ1) is 9.07. The van der Waals surface area contributed by atoms with Crippen LogP contribution in [0.3, 0.4) is 0 Å². The standard InChI is InChI=1S/C12H24N2O5/c1-2-3-8-19-9-4-6-13-12(18)14-7-5-10(15)11(16)17/h10,15H,2-9H2,1H3,(H,16,17)(H2,13,14,18). The first-order valence-electron chi connectivity index (χ1n) is 6.58. The SMILES string of the molecule is CCCCOCCCNC(=O)NCCC(O)C(=O)O. The van der Waals surface area contributed by atoms with Gasteiger partial charge in [0.15, 0.2) is 6.10 Å². The molecule has 7 nitrogen and oxygen atoms in total. The van der Waals surface area contributed by atoms with Crippen molar-refractivity contribution in [3.05, 3.63) is 0 Å². The highest BCUT2D eigenvalue weighted by molar-refractivity contribution is 5.74. The number of aliphatic hydroxyl groups is 1. The first-order valence-corrected chi connectivity index (χ1v) is 6.58. The van der Waals surface area contributed by atoms with E-state index in [-0.39, 0.29) is 19.0 Å². The van der Waals surface area contributed by atoms with Crippen LogP contribution in [-0.4, -0.2) is 54.6 Å². The lowest BCUT2D eigenvalue weighted by molar-refractivity contribution is -0.146. The van der Waals surface area contributed by atoms with E-state index in [0.717, 1.165) is 25.9 Å². The lowest BCUT2D eigenvalue weighted by Crippen LogP contribution is -2.38. The highest BCUT2D eigenvalue weighted by Gasteiger charge is 2.12. The second kappa shape index (κ2) is 11.7. The minimum absolute atomic E-state index is 0.0110. The predicted octanol–water partition coefficient (Wildman–Crippen LogP) is 0.328. The van der Waals surface area contributed by atoms with E-state index in [2.05, 4.69) is 17.6 Å². The Bertz CT molecular complexity index is 261. The number of carbonyl (C=O) groups is 2. The van der Waals surface area contributed by atoms with Crippen molar-refractivity contribution >= 4 is 12.0 Å². The Labute approximate surface area is 113 Å². The molecule has 0 saturated heterocycles. The fourth-order valence-corrected chi connectivity index (χ4v) is 1.23. The van der Waals surface area contributed by atoms with Gasteiger partial charge < -0.3 is 25.6 Å². The molecule has 0 fully saturated rings. The van der Waals surface area contributed by atoms with Gasteiger partial charge in [-0.15, -0.1) is 0 Å². The number of aliphatic carboxylic acids is 1. The highest BCUT2D eigenvalue weighted by atomic mass is 16.5. The molecule has 0 aliphatic heterocycles. The van der Waals surface area contributed by atoms with Gasteiger partial charge in [0.2, 0.25) is 0 Å². The van der Waals surface area contributed by atoms with Crippen molar-refractivity contribution in [3.8, 4) is 0 Å². The number of hydrogen-bond acceptors (Lipinski definition) is 4. The maximum absolute atomic E-state index is 11.2. The molecular formula is C12H24N2O5. The van der Waals surface area contributed by atoms with E-state index in [1.54, 1.807) is 0 Å². The lowest BCUT2D eigenvalue weighted by Gasteiger charge is -2.09. The van der Waals surface area contributed by atoms with Crippen LogP contribution >= 0.6 is 0 Å². The van der Waals surface area contributed by atoms with Crippen molar-refractivity contribution < 1.29 is 24.5 Å². The van der Waals surface area contributed by atoms with Crippen molar-refractivity contribution in [2.75, 3.05) is 26.3 Å². The van der Waals surface area contributed by atoms with Crippen molar-refractivity contribution in [1.29, 1.82) is 0 Å². The molecule has 1 unspecified atom stereocenters. The zero-order chi connectivity index (χ0) is 14.5. The zero-order valence-electron chi connectivity index (χ0n) is 11.4. The van der Waals surface area contributed by atoms with Crippen LogP contribution in [-0.2, 0) is 9.53 Å². The van der Waals surface area contributed by atoms with Gasteiger partial charge >= 0.3 is 12.0 Å². The van der Waals surface area contributed by atoms with Gasteiger partial charge in [-0.2, -0.15) is 0 Å². The maximum atomic E-state index is 11.2. The van der Waals surface area contributed by atoms with Gasteiger partial charge in [0.25, 0.3) is 0 Å². The molecule has 0 heterocycles. The number of hydrogen-bond donors (Lipinski definition) is 4. The molecule has 112 valence electrons. The average Bonchev–Trinajstić information content (AvgIpc) is 2.37. The predicted molar refractivity (Wildman–Crippen MR) is 70.0 cm³/mol. The van der Waals surface area contributed by atoms with Crippen LogP contribution in [0.2, 0.25) is 0 Å². The third kappa shape index (κ3) is 11.5. The summed E-state index contributed by atoms with van der Waals surface area (Å²) in [5.41, 5.74) is 0. The largest absolute Gasteiger partial charge is 0.479 e. The molecule has 0 aromatic rings. The molecule has 0 aromatic heterocycles. The van der Waals surface area contributed by atoms with E-state index < -0.39 is 12.1 Å². The molecule has 0 bridgehead atoms. The Morgan fingerprint density at radius 3 is 2.42 bits per heavy atom. The van der Waals surface area contributed by atoms with Gasteiger partial charge in [0.05, 0.1) is 0 Å². The average molecular weight is 276 g/mol. The summed E-state index contributed by atoms with van der Waals surface area (Å²) < 4.78 is 5.32. The Hall–Kier alpha value is -1.34. The molecule has 0 saturated carbocycles. The van der Waals surface area contributed by atoms with Crippen LogP contribution in [0, 0.1) is 0 Å². The van der Waals surface area contributed by atoms with Gasteiger partial charge in [-0.25, -0.2) is 9.59 Å². The molecule has 0 radical (unpaired) electrons. The van der Waals surface area contributed by atoms with Gasteiger partial charge in [-0.05, 0) is 12.8 Å². The summed E-state index contributed by atoms with van der Waals surface area (Å²) >= 11 is 0. The van der Waals surface area contributed by atoms with E-state index in [0.29, 0.717) is 13.2 Å². The summed E-state index contributed by atoms with van der Waals surface area (Å²) in [6, 6.07) is -0.369. The normalized spacial score (nSPS) is 11.9. The van der Waals surface area contributed by atoms with Gasteiger partial charge in [-0.3, -0.25) is 0 Å². The first kappa shape index (κ1) is 17.7. The van der Waals surface area contributed by atoms with Crippen LogP contribution < -0.4 is 10.6 Å². The summed E-state index contributed by atoms with van der Waals surface area (Å²) in [5, 5.41) is 22.5. The van der Waals surface area contributed by atoms with Crippen molar-refractivity contribution in [1.82, 2.24) is 10.6 Å². The third-order valence-electron chi connectivity index (χ3n) is 2.38. The molecule has 0 aliphatic rings. The van der Waals surface area contributed by atoms with Crippen molar-refractivity contribution in [2.24, 2.45) is 0 Å². The van der Waals surface area contributed by atoms with E-state index in [1.807, 2.05) is 0 Å². The van der Waals surface area contributed by atoms with E-state index in [4.69, 9.17) is 14.9 Å². The lowest BCUT2D eigenvalue weighted by atomic mass is 10.2. The Balaban J connectivity index is 3.33. The van der Waals surface area contributed by atoms with Gasteiger partial charge in [-0.1, -0.05) is 13.3 Å². The fraction of sp³-hybridized carbons (Fsp3) is 0.833. The van der Waals surface area contributed by atoms with E-state index in [1.165, 1.54) is 0 Å². The molecule has 19 heavy (non-hydrogen) atoms. The number of urea groups is 1. The quantitative estimate of drug-likeness (QED) is 0.407. The van der Waals surface area contributed by atoms with Crippen LogP contribution in [0.5, 0.6) is 0 Å². The smallest absolute Gasteiger partial charge is 0.332 e. The summed E-state index contributed by atoms with van der Waals surface area (Å²) in [6.45, 7) is 4.07. The summed E-state index contributed by atoms with van der Waals surface area (Å²) in [7, 11) is 0. The van der Waals surface area contributed by atoms with E-state index >= 15 is 0 Å². The number of ether oxygens (including phenoxy) is 1. The summed E-state index contributed by atoms with van der Waals surface area (Å²) in [4.78, 5) is 21.5. The molecule has 0 rings (SSSR count). The van der Waals surface area contributed by atoms with Crippen molar-refractivity contribution in [2.45, 2.75) is 38.7 Å². The number of rotatable bonds is 11. The number of carboxylic acid groups (broad SMARTS) is 1. The van der Waals surface area contributed by atoms with Crippen molar-refractivity contribution in [3.63, 3.8) is 0 Å². The minimum Gasteiger partial charge on any atom is -0.479 e. The van der Waals surface area contributed by atoms with Gasteiger partial charge in [0.1, 0.15) is 0 Å². The molecule has 1 atom stereocenters. The molecule has 2 amide bonds. The number of carboxylic acids is 1. The number of carbonyl (C=O) groups excluding carboxylic acids is 1. The molecule has 0 aromatic carbocycles. The maximum Gasteiger partial charge on any atom is 0.332 e. The summed E-state index contributed by atoms with van der Waals surface area (Å²) in [5.74, 6) is -1.29. The summed E-state index contributed by atoms with van der Waals surface area (Å²) in [6.07, 6.45) is 1.42. The molecule has 7 heteroatoms. The molecule has 0 spiro atoms. The van der Waals surface area contributed by atoms with E-state index in [9.17, 15) is 9.59 Å². The number of nitrogens with one attached hydrogen (secondary N) is 2. The van der Waals surface area contributed by atoms with Crippen LogP contribution in [0.4, 0.5) is 4.79 Å². The number of aliphatic hydroxyl groups excluding tert-OH is 1. The second-order valence-electron chi connectivity index (χ2n) is 4.14. The Morgan fingerprint density at radius 1 is 1.16 bits per heavy atom. The fourth-order valence-electron chi connectivity index (χ4n) is 1.23. The molecule has 0 aliphatic carbocycles. The zero-order valence-corrected chi connectivity index (χ0v) is 11.4. The third-order valence-corrected chi connectivity index (χ3v) is 2.38. The highest BCUT2D eigenvalue weighted by Crippen LogP contribution is 1.90. The number of amides is 2. The minimum atomic E-state index is -1.44. The Kier molecular flexibility index (Phi) is 10.9. The van der Waals surface area contributed by atoms with Crippen LogP contribution in [0.1, 0.15) is 32.6 Å². The molecular weight excluding hydrogens is 252 g/mol. The topological polar surface area (TPSA) is 108 Å². The van der Waals surface area contributed by atoms with Crippen LogP contribution in [0.15, 0.2) is 0 Å². The van der Waals surface area contributed by atoms with Crippen LogP contribution in [0.25, 0.3) is 0 Å².